The van der Waals surface area contributed by atoms with Crippen molar-refractivity contribution in [1.82, 2.24) is 5.16 Å². The fourth-order valence-electron chi connectivity index (χ4n) is 0.630. The lowest BCUT2D eigenvalue weighted by atomic mass is 10.2. The van der Waals surface area contributed by atoms with Crippen molar-refractivity contribution in [1.29, 1.82) is 0 Å². The molecule has 0 saturated heterocycles. The maximum atomic E-state index is 10.5. The van der Waals surface area contributed by atoms with Gasteiger partial charge < -0.3 is 4.52 Å². The van der Waals surface area contributed by atoms with E-state index in [0.717, 1.165) is 0 Å². The summed E-state index contributed by atoms with van der Waals surface area (Å²) in [6.07, 6.45) is 0. The van der Waals surface area contributed by atoms with Crippen molar-refractivity contribution in [3.63, 3.8) is 0 Å². The minimum absolute atomic E-state index is 0.191. The van der Waals surface area contributed by atoms with Crippen molar-refractivity contribution in [2.24, 2.45) is 0 Å². The van der Waals surface area contributed by atoms with Crippen LogP contribution in [0.15, 0.2) is 15.4 Å². The summed E-state index contributed by atoms with van der Waals surface area (Å²) >= 11 is 4.06. The monoisotopic (exact) mass is 159 g/mol. The zero-order valence-electron chi connectivity index (χ0n) is 5.63. The van der Waals surface area contributed by atoms with Gasteiger partial charge in [-0.3, -0.25) is 4.79 Å². The van der Waals surface area contributed by atoms with Crippen LogP contribution in [-0.2, 0) is 0 Å². The highest BCUT2D eigenvalue weighted by Crippen LogP contribution is 2.12. The van der Waals surface area contributed by atoms with Crippen molar-refractivity contribution in [2.75, 3.05) is 5.75 Å². The molecular weight excluding hydrogens is 150 g/mol. The van der Waals surface area contributed by atoms with Crippen LogP contribution in [0.25, 0.3) is 0 Å². The molecule has 4 heteroatoms. The normalized spacial score (nSPS) is 13.4. The van der Waals surface area contributed by atoms with E-state index in [1.165, 1.54) is 6.07 Å². The molecule has 1 aromatic heterocycles. The van der Waals surface area contributed by atoms with Crippen LogP contribution < -0.4 is 5.56 Å². The lowest BCUT2D eigenvalue weighted by molar-refractivity contribution is 0.368. The van der Waals surface area contributed by atoms with Crippen LogP contribution in [-0.4, -0.2) is 10.9 Å². The van der Waals surface area contributed by atoms with Crippen molar-refractivity contribution in [3.05, 3.63) is 22.2 Å². The molecular formula is C6H9NO2S. The van der Waals surface area contributed by atoms with Gasteiger partial charge in [-0.15, -0.1) is 0 Å². The average molecular weight is 159 g/mol. The van der Waals surface area contributed by atoms with Gasteiger partial charge in [0.1, 0.15) is 5.76 Å². The second-order valence-corrected chi connectivity index (χ2v) is 2.56. The van der Waals surface area contributed by atoms with Crippen molar-refractivity contribution in [2.45, 2.75) is 12.8 Å². The molecule has 0 aliphatic heterocycles. The highest BCUT2D eigenvalue weighted by atomic mass is 32.1. The molecule has 0 aromatic carbocycles. The zero-order chi connectivity index (χ0) is 7.56. The summed E-state index contributed by atoms with van der Waals surface area (Å²) in [6, 6.07) is 1.45. The minimum Gasteiger partial charge on any atom is -0.383 e. The Balaban J connectivity index is 2.84. The smallest absolute Gasteiger partial charge is 0.280 e. The predicted molar refractivity (Wildman–Crippen MR) is 41.6 cm³/mol. The molecule has 0 aliphatic rings. The second-order valence-electron chi connectivity index (χ2n) is 2.20. The van der Waals surface area contributed by atoms with Gasteiger partial charge in [0.25, 0.3) is 5.56 Å². The van der Waals surface area contributed by atoms with Gasteiger partial charge in [0.05, 0.1) is 0 Å². The molecule has 1 N–H and O–H groups in total. The van der Waals surface area contributed by atoms with Gasteiger partial charge in [-0.1, -0.05) is 6.92 Å². The molecule has 0 radical (unpaired) electrons. The third kappa shape index (κ3) is 1.44. The van der Waals surface area contributed by atoms with Crippen molar-refractivity contribution >= 4 is 12.6 Å². The van der Waals surface area contributed by atoms with Crippen LogP contribution in [0.4, 0.5) is 0 Å². The van der Waals surface area contributed by atoms with E-state index in [9.17, 15) is 4.79 Å². The summed E-state index contributed by atoms with van der Waals surface area (Å²) in [4.78, 5) is 10.5. The number of thiol groups is 1. The summed E-state index contributed by atoms with van der Waals surface area (Å²) in [5.74, 6) is 1.54. The van der Waals surface area contributed by atoms with Gasteiger partial charge in [-0.05, 0) is 5.75 Å². The number of nitrogens with one attached hydrogen (secondary N) is 1. The van der Waals surface area contributed by atoms with Crippen LogP contribution in [0, 0.1) is 0 Å². The first-order valence-electron chi connectivity index (χ1n) is 3.03. The molecule has 3 nitrogen and oxygen atoms in total. The van der Waals surface area contributed by atoms with E-state index < -0.39 is 0 Å². The second kappa shape index (κ2) is 2.96. The molecule has 1 aromatic rings. The van der Waals surface area contributed by atoms with E-state index in [-0.39, 0.29) is 11.5 Å². The van der Waals surface area contributed by atoms with Crippen molar-refractivity contribution in [3.8, 4) is 0 Å². The van der Waals surface area contributed by atoms with Crippen LogP contribution in [0.3, 0.4) is 0 Å². The van der Waals surface area contributed by atoms with Gasteiger partial charge in [0, 0.05) is 12.0 Å². The summed E-state index contributed by atoms with van der Waals surface area (Å²) in [5.41, 5.74) is -0.191. The molecule has 10 heavy (non-hydrogen) atoms. The van der Waals surface area contributed by atoms with E-state index in [1.54, 1.807) is 0 Å². The van der Waals surface area contributed by atoms with E-state index in [1.807, 2.05) is 6.92 Å². The number of aromatic nitrogens is 1. The van der Waals surface area contributed by atoms with E-state index >= 15 is 0 Å². The highest BCUT2D eigenvalue weighted by Gasteiger charge is 2.07. The summed E-state index contributed by atoms with van der Waals surface area (Å²) in [6.45, 7) is 1.94. The fraction of sp³-hybridized carbons (Fsp3) is 0.500. The van der Waals surface area contributed by atoms with E-state index in [0.29, 0.717) is 11.5 Å². The molecule has 1 heterocycles. The lowest BCUT2D eigenvalue weighted by Crippen LogP contribution is -1.95. The molecule has 0 saturated carbocycles. The van der Waals surface area contributed by atoms with E-state index in [2.05, 4.69) is 17.8 Å². The summed E-state index contributed by atoms with van der Waals surface area (Å²) in [5, 5.41) is 2.22. The fourth-order valence-corrected chi connectivity index (χ4v) is 0.810. The quantitative estimate of drug-likeness (QED) is 0.632. The van der Waals surface area contributed by atoms with Crippen molar-refractivity contribution < 1.29 is 4.52 Å². The van der Waals surface area contributed by atoms with E-state index in [4.69, 9.17) is 4.52 Å². The number of hydrogen-bond donors (Lipinski definition) is 2. The number of aromatic amines is 1. The molecule has 0 fully saturated rings. The van der Waals surface area contributed by atoms with Gasteiger partial charge in [-0.2, -0.15) is 17.8 Å². The number of rotatable bonds is 2. The zero-order valence-corrected chi connectivity index (χ0v) is 6.52. The third-order valence-corrected chi connectivity index (χ3v) is 1.85. The van der Waals surface area contributed by atoms with Gasteiger partial charge in [0.15, 0.2) is 0 Å². The average Bonchev–Trinajstić information content (AvgIpc) is 2.34. The molecule has 1 atom stereocenters. The SMILES string of the molecule is CC(CS)c1cc(=O)[nH]o1. The Morgan fingerprint density at radius 1 is 1.90 bits per heavy atom. The Kier molecular flexibility index (Phi) is 2.21. The number of hydrogen-bond acceptors (Lipinski definition) is 3. The van der Waals surface area contributed by atoms with Gasteiger partial charge in [-0.25, -0.2) is 0 Å². The third-order valence-electron chi connectivity index (χ3n) is 1.30. The van der Waals surface area contributed by atoms with Crippen LogP contribution in [0.2, 0.25) is 0 Å². The molecule has 0 bridgehead atoms. The minimum atomic E-state index is -0.191. The first-order valence-corrected chi connectivity index (χ1v) is 3.66. The van der Waals surface area contributed by atoms with Crippen LogP contribution in [0.5, 0.6) is 0 Å². The largest absolute Gasteiger partial charge is 0.383 e. The highest BCUT2D eigenvalue weighted by molar-refractivity contribution is 7.80. The Hall–Kier alpha value is -0.640. The summed E-state index contributed by atoms with van der Waals surface area (Å²) < 4.78 is 4.83. The molecule has 0 spiro atoms. The molecule has 1 unspecified atom stereocenters. The lowest BCUT2D eigenvalue weighted by Gasteiger charge is -1.99. The van der Waals surface area contributed by atoms with Crippen LogP contribution >= 0.6 is 12.6 Å². The Bertz CT molecular complexity index is 252. The maximum absolute atomic E-state index is 10.5. The Morgan fingerprint density at radius 2 is 2.60 bits per heavy atom. The van der Waals surface area contributed by atoms with Gasteiger partial charge >= 0.3 is 0 Å². The Labute approximate surface area is 63.8 Å². The molecule has 0 aliphatic carbocycles. The van der Waals surface area contributed by atoms with Crippen LogP contribution in [0.1, 0.15) is 18.6 Å². The molecule has 0 amide bonds. The predicted octanol–water partition coefficient (Wildman–Crippen LogP) is 1.00. The first-order chi connectivity index (χ1) is 4.74. The molecule has 56 valence electrons. The standard InChI is InChI=1S/C6H9NO2S/c1-4(3-10)5-2-6(8)7-9-5/h2,4,10H,3H2,1H3,(H,7,8). The Morgan fingerprint density at radius 3 is 3.00 bits per heavy atom. The number of H-pyrrole nitrogens is 1. The maximum Gasteiger partial charge on any atom is 0.280 e. The van der Waals surface area contributed by atoms with Gasteiger partial charge in [0.2, 0.25) is 0 Å². The molecule has 1 rings (SSSR count). The summed E-state index contributed by atoms with van der Waals surface area (Å²) in [7, 11) is 0. The first kappa shape index (κ1) is 7.47. The topological polar surface area (TPSA) is 46.0 Å².